The molecule has 1 fully saturated rings. The summed E-state index contributed by atoms with van der Waals surface area (Å²) in [4.78, 5) is 14.4. The van der Waals surface area contributed by atoms with Crippen molar-refractivity contribution in [3.8, 4) is 0 Å². The van der Waals surface area contributed by atoms with E-state index in [1.165, 1.54) is 4.63 Å². The van der Waals surface area contributed by atoms with E-state index in [0.717, 1.165) is 50.2 Å². The second kappa shape index (κ2) is 5.85. The van der Waals surface area contributed by atoms with E-state index in [9.17, 15) is 4.79 Å². The number of nitrogens with one attached hydrogen (secondary N) is 1. The first-order chi connectivity index (χ1) is 11.6. The fraction of sp³-hybridized carbons (Fsp3) is 0.562. The number of rotatable bonds is 4. The number of anilines is 1. The van der Waals surface area contributed by atoms with Crippen molar-refractivity contribution in [1.82, 2.24) is 30.6 Å². The van der Waals surface area contributed by atoms with Crippen LogP contribution in [0.5, 0.6) is 0 Å². The molecule has 1 unspecified atom stereocenters. The first kappa shape index (κ1) is 15.0. The molecular weight excluding hydrogens is 306 g/mol. The highest BCUT2D eigenvalue weighted by Gasteiger charge is 2.35. The van der Waals surface area contributed by atoms with Gasteiger partial charge in [-0.15, -0.1) is 14.8 Å². The maximum atomic E-state index is 12.2. The summed E-state index contributed by atoms with van der Waals surface area (Å²) < 4.78 is 1.44. The summed E-state index contributed by atoms with van der Waals surface area (Å²) in [6.07, 6.45) is 6.11. The molecule has 4 rings (SSSR count). The molecule has 8 nitrogen and oxygen atoms in total. The van der Waals surface area contributed by atoms with Crippen LogP contribution in [-0.2, 0) is 4.79 Å². The maximum Gasteiger partial charge on any atom is 0.246 e. The molecule has 1 aliphatic heterocycles. The summed E-state index contributed by atoms with van der Waals surface area (Å²) in [6, 6.07) is 3.81. The van der Waals surface area contributed by atoms with Gasteiger partial charge in [-0.2, -0.15) is 0 Å². The number of hydrogen-bond donors (Lipinski definition) is 1. The van der Waals surface area contributed by atoms with Crippen LogP contribution in [0, 0.1) is 5.41 Å². The lowest BCUT2D eigenvalue weighted by atomic mass is 9.89. The summed E-state index contributed by atoms with van der Waals surface area (Å²) in [7, 11) is 0. The van der Waals surface area contributed by atoms with Crippen LogP contribution in [0.1, 0.15) is 32.6 Å². The minimum Gasteiger partial charge on any atom is -0.354 e. The molecule has 8 heteroatoms. The Labute approximate surface area is 139 Å². The van der Waals surface area contributed by atoms with Crippen molar-refractivity contribution in [2.45, 2.75) is 32.6 Å². The molecule has 1 N–H and O–H groups in total. The molecule has 0 bridgehead atoms. The standard InChI is InChI=1S/C16H21N7O/c1-16(10-17-15(24)12-4-2-3-5-12)8-9-22(11-16)14-7-6-13-18-20-21-23(13)19-14/h4,6-7H,2-3,5,8-11H2,1H3,(H,17,24). The predicted octanol–water partition coefficient (Wildman–Crippen LogP) is 0.962. The molecule has 2 aromatic heterocycles. The molecule has 2 aliphatic rings. The monoisotopic (exact) mass is 327 g/mol. The number of carbonyl (C=O) groups excluding carboxylic acids is 1. The highest BCUT2D eigenvalue weighted by Crippen LogP contribution is 2.32. The normalized spacial score (nSPS) is 23.7. The maximum absolute atomic E-state index is 12.2. The van der Waals surface area contributed by atoms with Crippen molar-refractivity contribution in [3.63, 3.8) is 0 Å². The SMILES string of the molecule is CC1(CNC(=O)C2=CCCC2)CCN(c2ccc3nnnn3n2)C1. The molecule has 0 radical (unpaired) electrons. The van der Waals surface area contributed by atoms with Gasteiger partial charge in [-0.1, -0.05) is 13.0 Å². The molecule has 1 amide bonds. The minimum absolute atomic E-state index is 0.0477. The third kappa shape index (κ3) is 2.83. The van der Waals surface area contributed by atoms with E-state index in [0.29, 0.717) is 12.2 Å². The van der Waals surface area contributed by atoms with Gasteiger partial charge in [-0.25, -0.2) is 0 Å². The van der Waals surface area contributed by atoms with Crippen molar-refractivity contribution in [3.05, 3.63) is 23.8 Å². The smallest absolute Gasteiger partial charge is 0.246 e. The van der Waals surface area contributed by atoms with Crippen LogP contribution in [0.15, 0.2) is 23.8 Å². The van der Waals surface area contributed by atoms with E-state index in [4.69, 9.17) is 0 Å². The first-order valence-electron chi connectivity index (χ1n) is 8.41. The van der Waals surface area contributed by atoms with Crippen molar-refractivity contribution < 1.29 is 4.79 Å². The molecule has 1 atom stereocenters. The highest BCUT2D eigenvalue weighted by atomic mass is 16.1. The Morgan fingerprint density at radius 3 is 3.17 bits per heavy atom. The van der Waals surface area contributed by atoms with Crippen LogP contribution in [-0.4, -0.2) is 50.8 Å². The van der Waals surface area contributed by atoms with Crippen LogP contribution in [0.3, 0.4) is 0 Å². The van der Waals surface area contributed by atoms with E-state index in [-0.39, 0.29) is 11.3 Å². The summed E-state index contributed by atoms with van der Waals surface area (Å²) in [6.45, 7) is 4.67. The first-order valence-corrected chi connectivity index (χ1v) is 8.41. The Morgan fingerprint density at radius 1 is 1.42 bits per heavy atom. The fourth-order valence-electron chi connectivity index (χ4n) is 3.46. The van der Waals surface area contributed by atoms with E-state index in [1.54, 1.807) is 0 Å². The average molecular weight is 327 g/mol. The molecule has 1 aliphatic carbocycles. The summed E-state index contributed by atoms with van der Waals surface area (Å²) in [5, 5.41) is 18.9. The third-order valence-electron chi connectivity index (χ3n) is 4.95. The molecule has 1 saturated heterocycles. The van der Waals surface area contributed by atoms with Crippen molar-refractivity contribution >= 4 is 17.4 Å². The molecule has 3 heterocycles. The van der Waals surface area contributed by atoms with Crippen molar-refractivity contribution in [1.29, 1.82) is 0 Å². The highest BCUT2D eigenvalue weighted by molar-refractivity contribution is 5.93. The van der Waals surface area contributed by atoms with Crippen molar-refractivity contribution in [2.24, 2.45) is 5.41 Å². The van der Waals surface area contributed by atoms with Gasteiger partial charge >= 0.3 is 0 Å². The number of fused-ring (bicyclic) bond motifs is 1. The number of amides is 1. The van der Waals surface area contributed by atoms with Gasteiger partial charge in [0.05, 0.1) is 0 Å². The quantitative estimate of drug-likeness (QED) is 0.900. The zero-order chi connectivity index (χ0) is 16.6. The number of hydrogen-bond acceptors (Lipinski definition) is 6. The summed E-state index contributed by atoms with van der Waals surface area (Å²) >= 11 is 0. The van der Waals surface area contributed by atoms with Gasteiger partial charge < -0.3 is 10.2 Å². The number of carbonyl (C=O) groups is 1. The van der Waals surface area contributed by atoms with E-state index in [1.807, 2.05) is 12.1 Å². The number of aromatic nitrogens is 5. The Bertz CT molecular complexity index is 799. The van der Waals surface area contributed by atoms with Gasteiger partial charge in [0.15, 0.2) is 11.5 Å². The Kier molecular flexibility index (Phi) is 3.66. The molecule has 0 spiro atoms. The van der Waals surface area contributed by atoms with E-state index >= 15 is 0 Å². The van der Waals surface area contributed by atoms with Gasteiger partial charge in [0.25, 0.3) is 0 Å². The zero-order valence-corrected chi connectivity index (χ0v) is 13.8. The van der Waals surface area contributed by atoms with Gasteiger partial charge in [0.2, 0.25) is 5.91 Å². The topological polar surface area (TPSA) is 88.3 Å². The van der Waals surface area contributed by atoms with Gasteiger partial charge in [0.1, 0.15) is 0 Å². The Morgan fingerprint density at radius 2 is 2.33 bits per heavy atom. The largest absolute Gasteiger partial charge is 0.354 e. The van der Waals surface area contributed by atoms with Gasteiger partial charge in [-0.3, -0.25) is 4.79 Å². The average Bonchev–Trinajstić information content (AvgIpc) is 3.32. The van der Waals surface area contributed by atoms with Crippen LogP contribution in [0.2, 0.25) is 0 Å². The second-order valence-corrected chi connectivity index (χ2v) is 7.00. The molecule has 0 saturated carbocycles. The van der Waals surface area contributed by atoms with E-state index < -0.39 is 0 Å². The van der Waals surface area contributed by atoms with Crippen LogP contribution in [0.4, 0.5) is 5.82 Å². The van der Waals surface area contributed by atoms with Gasteiger partial charge in [-0.05, 0) is 48.2 Å². The number of nitrogens with zero attached hydrogens (tertiary/aromatic N) is 6. The Hall–Kier alpha value is -2.51. The lowest BCUT2D eigenvalue weighted by Crippen LogP contribution is -2.38. The predicted molar refractivity (Wildman–Crippen MR) is 88.5 cm³/mol. The molecular formula is C16H21N7O. The molecule has 0 aromatic carbocycles. The number of allylic oxidation sites excluding steroid dienone is 1. The fourth-order valence-corrected chi connectivity index (χ4v) is 3.46. The lowest BCUT2D eigenvalue weighted by molar-refractivity contribution is -0.118. The second-order valence-electron chi connectivity index (χ2n) is 7.00. The van der Waals surface area contributed by atoms with Crippen molar-refractivity contribution in [2.75, 3.05) is 24.5 Å². The van der Waals surface area contributed by atoms with E-state index in [2.05, 4.69) is 43.8 Å². The zero-order valence-electron chi connectivity index (χ0n) is 13.8. The van der Waals surface area contributed by atoms with Crippen LogP contribution >= 0.6 is 0 Å². The summed E-state index contributed by atoms with van der Waals surface area (Å²) in [5.74, 6) is 0.962. The molecule has 126 valence electrons. The lowest BCUT2D eigenvalue weighted by Gasteiger charge is -2.25. The molecule has 24 heavy (non-hydrogen) atoms. The third-order valence-corrected chi connectivity index (χ3v) is 4.95. The Balaban J connectivity index is 1.40. The summed E-state index contributed by atoms with van der Waals surface area (Å²) in [5.41, 5.74) is 1.63. The van der Waals surface area contributed by atoms with Gasteiger partial charge in [0, 0.05) is 30.6 Å². The molecule has 2 aromatic rings. The van der Waals surface area contributed by atoms with Crippen LogP contribution < -0.4 is 10.2 Å². The number of tetrazole rings is 1. The van der Waals surface area contributed by atoms with Crippen LogP contribution in [0.25, 0.3) is 5.65 Å². The minimum atomic E-state index is 0.0477.